The van der Waals surface area contributed by atoms with Crippen LogP contribution in [-0.4, -0.2) is 46.2 Å². The molecule has 0 aliphatic carbocycles. The molecule has 1 unspecified atom stereocenters. The smallest absolute Gasteiger partial charge is 0.258 e. The third-order valence-corrected chi connectivity index (χ3v) is 4.78. The average molecular weight is 470 g/mol. The third kappa shape index (κ3) is 5.36. The molecule has 0 saturated carbocycles. The Bertz CT molecular complexity index is 1010. The number of carbonyl (C=O) groups is 2. The van der Waals surface area contributed by atoms with Crippen LogP contribution in [0.15, 0.2) is 34.5 Å². The van der Waals surface area contributed by atoms with E-state index in [1.807, 2.05) is 0 Å². The molecule has 1 atom stereocenters. The Labute approximate surface area is 189 Å². The third-order valence-electron chi connectivity index (χ3n) is 4.12. The van der Waals surface area contributed by atoms with Crippen molar-refractivity contribution in [2.45, 2.75) is 13.0 Å². The lowest BCUT2D eigenvalue weighted by Gasteiger charge is -2.16. The van der Waals surface area contributed by atoms with Crippen molar-refractivity contribution in [1.82, 2.24) is 0 Å². The number of methoxy groups -OCH3 is 4. The zero-order valence-electron chi connectivity index (χ0n) is 17.5. The minimum absolute atomic E-state index is 0.119. The lowest BCUT2D eigenvalue weighted by molar-refractivity contribution is -0.126. The summed E-state index contributed by atoms with van der Waals surface area (Å²) in [5, 5.41) is 10.9. The number of carbonyl (C=O) groups excluding carboxylic acids is 2. The minimum atomic E-state index is -1.46. The van der Waals surface area contributed by atoms with E-state index in [0.29, 0.717) is 16.5 Å². The number of ether oxygens (including phenoxy) is 4. The Hall–Kier alpha value is -3.04. The molecule has 1 N–H and O–H groups in total. The Kier molecular flexibility index (Phi) is 8.47. The summed E-state index contributed by atoms with van der Waals surface area (Å²) in [6.45, 7) is 1.22. The predicted molar refractivity (Wildman–Crippen MR) is 117 cm³/mol. The van der Waals surface area contributed by atoms with E-state index >= 15 is 0 Å². The number of benzene rings is 2. The minimum Gasteiger partial charge on any atom is -0.495 e. The van der Waals surface area contributed by atoms with Crippen molar-refractivity contribution in [2.75, 3.05) is 33.8 Å². The number of halogens is 2. The number of rotatable bonds is 9. The lowest BCUT2D eigenvalue weighted by Crippen LogP contribution is -2.32. The monoisotopic (exact) mass is 469 g/mol. The summed E-state index contributed by atoms with van der Waals surface area (Å²) >= 11 is 12.3. The molecule has 0 aliphatic rings. The van der Waals surface area contributed by atoms with Crippen molar-refractivity contribution in [3.8, 4) is 23.0 Å². The van der Waals surface area contributed by atoms with E-state index in [0.717, 1.165) is 0 Å². The maximum Gasteiger partial charge on any atom is 0.258 e. The van der Waals surface area contributed by atoms with E-state index in [9.17, 15) is 9.59 Å². The zero-order valence-corrected chi connectivity index (χ0v) is 19.0. The molecule has 1 amide bonds. The maximum atomic E-state index is 12.8. The quantitative estimate of drug-likeness (QED) is 0.420. The van der Waals surface area contributed by atoms with Gasteiger partial charge in [-0.2, -0.15) is 5.11 Å². The number of hydrogen-bond donors (Lipinski definition) is 1. The number of hydrogen-bond acceptors (Lipinski definition) is 8. The number of anilines is 1. The fraction of sp³-hybridized carbons (Fsp3) is 0.300. The van der Waals surface area contributed by atoms with Gasteiger partial charge in [-0.3, -0.25) is 9.59 Å². The van der Waals surface area contributed by atoms with Crippen molar-refractivity contribution in [3.63, 3.8) is 0 Å². The van der Waals surface area contributed by atoms with Crippen LogP contribution in [0.5, 0.6) is 23.0 Å². The normalized spacial score (nSPS) is 11.7. The SMILES string of the molecule is COc1ccc(OC)c(N=NC(C(C)=O)C(=O)Nc2ccc(Cl)c(OC)c2OC)c1Cl. The van der Waals surface area contributed by atoms with Crippen molar-refractivity contribution >= 4 is 46.3 Å². The van der Waals surface area contributed by atoms with Gasteiger partial charge in [0.05, 0.1) is 39.1 Å². The fourth-order valence-corrected chi connectivity index (χ4v) is 3.11. The van der Waals surface area contributed by atoms with Crippen molar-refractivity contribution < 1.29 is 28.5 Å². The molecule has 0 aliphatic heterocycles. The van der Waals surface area contributed by atoms with Crippen LogP contribution in [0.25, 0.3) is 0 Å². The van der Waals surface area contributed by atoms with Gasteiger partial charge in [0.25, 0.3) is 5.91 Å². The number of Topliss-reactive ketones (excluding diaryl/α,β-unsaturated/α-hetero) is 1. The number of azo groups is 1. The van der Waals surface area contributed by atoms with Gasteiger partial charge >= 0.3 is 0 Å². The summed E-state index contributed by atoms with van der Waals surface area (Å²) in [5.74, 6) is -0.230. The second-order valence-electron chi connectivity index (χ2n) is 6.01. The Morgan fingerprint density at radius 2 is 1.52 bits per heavy atom. The highest BCUT2D eigenvalue weighted by molar-refractivity contribution is 6.34. The standard InChI is InChI=1S/C20H21Cl2N3O6/c1-10(26)16(24-25-17-14(29-3)9-8-13(28-2)15(17)22)20(27)23-12-7-6-11(21)18(30-4)19(12)31-5/h6-9,16H,1-5H3,(H,23,27). The Morgan fingerprint density at radius 3 is 2.06 bits per heavy atom. The van der Waals surface area contributed by atoms with E-state index in [2.05, 4.69) is 15.5 Å². The van der Waals surface area contributed by atoms with Gasteiger partial charge in [-0.05, 0) is 31.2 Å². The Morgan fingerprint density at radius 1 is 0.903 bits per heavy atom. The molecular formula is C20H21Cl2N3O6. The van der Waals surface area contributed by atoms with Crippen LogP contribution in [0.3, 0.4) is 0 Å². The summed E-state index contributed by atoms with van der Waals surface area (Å²) in [6.07, 6.45) is 0. The number of nitrogens with one attached hydrogen (secondary N) is 1. The van der Waals surface area contributed by atoms with Crippen molar-refractivity contribution in [2.24, 2.45) is 10.2 Å². The largest absolute Gasteiger partial charge is 0.495 e. The molecule has 11 heteroatoms. The molecule has 0 fully saturated rings. The van der Waals surface area contributed by atoms with Crippen LogP contribution < -0.4 is 24.3 Å². The molecule has 0 heterocycles. The molecule has 0 spiro atoms. The van der Waals surface area contributed by atoms with Crippen LogP contribution >= 0.6 is 23.2 Å². The van der Waals surface area contributed by atoms with Gasteiger partial charge in [-0.25, -0.2) is 0 Å². The molecule has 9 nitrogen and oxygen atoms in total. The van der Waals surface area contributed by atoms with Gasteiger partial charge in [-0.1, -0.05) is 23.2 Å². The average Bonchev–Trinajstić information content (AvgIpc) is 2.75. The van der Waals surface area contributed by atoms with Crippen LogP contribution in [0.4, 0.5) is 11.4 Å². The first-order chi connectivity index (χ1) is 14.8. The van der Waals surface area contributed by atoms with Crippen LogP contribution in [0.1, 0.15) is 6.92 Å². The van der Waals surface area contributed by atoms with Gasteiger partial charge < -0.3 is 24.3 Å². The summed E-state index contributed by atoms with van der Waals surface area (Å²) in [4.78, 5) is 24.9. The molecule has 0 bridgehead atoms. The number of nitrogens with zero attached hydrogens (tertiary/aromatic N) is 2. The molecule has 2 aromatic rings. The zero-order chi connectivity index (χ0) is 23.1. The molecule has 31 heavy (non-hydrogen) atoms. The van der Waals surface area contributed by atoms with Crippen molar-refractivity contribution in [1.29, 1.82) is 0 Å². The molecule has 2 aromatic carbocycles. The molecule has 166 valence electrons. The topological polar surface area (TPSA) is 108 Å². The van der Waals surface area contributed by atoms with Crippen LogP contribution in [0, 0.1) is 0 Å². The first-order valence-electron chi connectivity index (χ1n) is 8.82. The van der Waals surface area contributed by atoms with Gasteiger partial charge in [-0.15, -0.1) is 5.11 Å². The maximum absolute atomic E-state index is 12.8. The molecule has 0 radical (unpaired) electrons. The highest BCUT2D eigenvalue weighted by Crippen LogP contribution is 2.42. The van der Waals surface area contributed by atoms with Gasteiger partial charge in [0.15, 0.2) is 17.3 Å². The lowest BCUT2D eigenvalue weighted by atomic mass is 10.2. The highest BCUT2D eigenvalue weighted by atomic mass is 35.5. The van der Waals surface area contributed by atoms with E-state index in [-0.39, 0.29) is 27.9 Å². The van der Waals surface area contributed by atoms with E-state index in [1.54, 1.807) is 12.1 Å². The second-order valence-corrected chi connectivity index (χ2v) is 6.80. The van der Waals surface area contributed by atoms with Crippen LogP contribution in [0.2, 0.25) is 10.0 Å². The summed E-state index contributed by atoms with van der Waals surface area (Å²) in [5.41, 5.74) is 0.362. The van der Waals surface area contributed by atoms with Crippen molar-refractivity contribution in [3.05, 3.63) is 34.3 Å². The summed E-state index contributed by atoms with van der Waals surface area (Å²) in [6, 6.07) is 4.74. The molecular weight excluding hydrogens is 449 g/mol. The van der Waals surface area contributed by atoms with Crippen LogP contribution in [-0.2, 0) is 9.59 Å². The van der Waals surface area contributed by atoms with Gasteiger partial charge in [0.2, 0.25) is 6.04 Å². The number of ketones is 1. The molecule has 0 saturated heterocycles. The summed E-state index contributed by atoms with van der Waals surface area (Å²) in [7, 11) is 5.66. The predicted octanol–water partition coefficient (Wildman–Crippen LogP) is 4.71. The fourth-order valence-electron chi connectivity index (χ4n) is 2.61. The first-order valence-corrected chi connectivity index (χ1v) is 9.57. The second kappa shape index (κ2) is 10.8. The van der Waals surface area contributed by atoms with Gasteiger partial charge in [0, 0.05) is 0 Å². The molecule has 2 rings (SSSR count). The summed E-state index contributed by atoms with van der Waals surface area (Å²) < 4.78 is 20.9. The molecule has 0 aromatic heterocycles. The highest BCUT2D eigenvalue weighted by Gasteiger charge is 2.26. The van der Waals surface area contributed by atoms with E-state index < -0.39 is 17.7 Å². The number of amides is 1. The van der Waals surface area contributed by atoms with E-state index in [4.69, 9.17) is 42.1 Å². The Balaban J connectivity index is 2.39. The van der Waals surface area contributed by atoms with E-state index in [1.165, 1.54) is 47.5 Å². The van der Waals surface area contributed by atoms with Gasteiger partial charge in [0.1, 0.15) is 22.2 Å². The first kappa shape index (κ1) is 24.2.